The average molecular weight is 219 g/mol. The molecular formula is C12H17NOSi. The highest BCUT2D eigenvalue weighted by molar-refractivity contribution is 6.69. The van der Waals surface area contributed by atoms with E-state index < -0.39 is 13.9 Å². The predicted octanol–water partition coefficient (Wildman–Crippen LogP) is 3.28. The Hall–Kier alpha value is -1.11. The molecule has 3 heteroatoms. The third-order valence-electron chi connectivity index (χ3n) is 2.05. The molecule has 0 bridgehead atoms. The summed E-state index contributed by atoms with van der Waals surface area (Å²) < 4.78 is 5.94. The van der Waals surface area contributed by atoms with Crippen LogP contribution in [0.4, 0.5) is 0 Å². The molecule has 1 rings (SSSR count). The first-order valence-corrected chi connectivity index (χ1v) is 8.45. The summed E-state index contributed by atoms with van der Waals surface area (Å²) in [5.74, 6) is 0. The molecule has 80 valence electrons. The lowest BCUT2D eigenvalue weighted by molar-refractivity contribution is 0.141. The van der Waals surface area contributed by atoms with Gasteiger partial charge in [0.05, 0.1) is 0 Å². The van der Waals surface area contributed by atoms with E-state index in [1.54, 1.807) is 0 Å². The molecule has 0 aromatic heterocycles. The second-order valence-corrected chi connectivity index (χ2v) is 9.15. The highest BCUT2D eigenvalue weighted by atomic mass is 28.4. The van der Waals surface area contributed by atoms with E-state index in [1.165, 1.54) is 0 Å². The van der Waals surface area contributed by atoms with Crippen LogP contribution in [0, 0.1) is 11.3 Å². The lowest BCUT2D eigenvalue weighted by Gasteiger charge is -2.30. The van der Waals surface area contributed by atoms with Crippen molar-refractivity contribution in [3.63, 3.8) is 0 Å². The Morgan fingerprint density at radius 3 is 2.13 bits per heavy atom. The predicted molar refractivity (Wildman–Crippen MR) is 63.8 cm³/mol. The number of hydrogen-bond acceptors (Lipinski definition) is 2. The molecule has 2 nitrogen and oxygen atoms in total. The molecule has 15 heavy (non-hydrogen) atoms. The van der Waals surface area contributed by atoms with Gasteiger partial charge in [-0.3, -0.25) is 0 Å². The zero-order valence-electron chi connectivity index (χ0n) is 9.74. The van der Waals surface area contributed by atoms with Crippen LogP contribution in [0.1, 0.15) is 12.5 Å². The summed E-state index contributed by atoms with van der Waals surface area (Å²) in [5, 5.41) is 9.25. The quantitative estimate of drug-likeness (QED) is 0.731. The Balaban J connectivity index is 3.03. The fraction of sp³-hybridized carbons (Fsp3) is 0.417. The minimum absolute atomic E-state index is 0.814. The van der Waals surface area contributed by atoms with E-state index >= 15 is 0 Å². The van der Waals surface area contributed by atoms with E-state index in [0.717, 1.165) is 5.56 Å². The number of rotatable bonds is 3. The molecule has 0 aliphatic carbocycles. The van der Waals surface area contributed by atoms with E-state index in [4.69, 9.17) is 4.43 Å². The van der Waals surface area contributed by atoms with Gasteiger partial charge in [-0.2, -0.15) is 5.26 Å². The summed E-state index contributed by atoms with van der Waals surface area (Å²) in [6.07, 6.45) is 0. The average Bonchev–Trinajstić information content (AvgIpc) is 2.16. The van der Waals surface area contributed by atoms with Crippen molar-refractivity contribution in [2.75, 3.05) is 0 Å². The molecule has 0 saturated carbocycles. The normalized spacial score (nSPS) is 15.4. The maximum atomic E-state index is 9.25. The maximum absolute atomic E-state index is 9.25. The van der Waals surface area contributed by atoms with Crippen LogP contribution in [-0.2, 0) is 10.0 Å². The minimum Gasteiger partial charge on any atom is -0.397 e. The topological polar surface area (TPSA) is 33.0 Å². The summed E-state index contributed by atoms with van der Waals surface area (Å²) in [6, 6.07) is 11.9. The number of hydrogen-bond donors (Lipinski definition) is 0. The summed E-state index contributed by atoms with van der Waals surface area (Å²) in [5.41, 5.74) is 0.112. The SMILES string of the molecule is CC(C#N)(O[Si](C)(C)C)c1ccccc1. The third kappa shape index (κ3) is 3.19. The molecule has 0 N–H and O–H groups in total. The highest BCUT2D eigenvalue weighted by Crippen LogP contribution is 2.28. The van der Waals surface area contributed by atoms with Crippen LogP contribution in [0.5, 0.6) is 0 Å². The smallest absolute Gasteiger partial charge is 0.186 e. The van der Waals surface area contributed by atoms with Gasteiger partial charge in [-0.1, -0.05) is 30.3 Å². The van der Waals surface area contributed by atoms with Crippen LogP contribution in [0.15, 0.2) is 30.3 Å². The van der Waals surface area contributed by atoms with Crippen molar-refractivity contribution >= 4 is 8.32 Å². The summed E-state index contributed by atoms with van der Waals surface area (Å²) >= 11 is 0. The summed E-state index contributed by atoms with van der Waals surface area (Å²) in [4.78, 5) is 0. The number of nitrogens with zero attached hydrogens (tertiary/aromatic N) is 1. The molecule has 0 saturated heterocycles. The fourth-order valence-electron chi connectivity index (χ4n) is 1.51. The van der Waals surface area contributed by atoms with Crippen LogP contribution in [-0.4, -0.2) is 8.32 Å². The van der Waals surface area contributed by atoms with Gasteiger partial charge in [-0.05, 0) is 32.1 Å². The van der Waals surface area contributed by atoms with Crippen molar-refractivity contribution in [3.8, 4) is 6.07 Å². The number of benzene rings is 1. The Bertz CT molecular complexity index is 363. The molecule has 0 amide bonds. The zero-order valence-corrected chi connectivity index (χ0v) is 10.7. The monoisotopic (exact) mass is 219 g/mol. The summed E-state index contributed by atoms with van der Waals surface area (Å²) in [7, 11) is -1.72. The first-order valence-electron chi connectivity index (χ1n) is 5.04. The molecule has 1 aromatic rings. The van der Waals surface area contributed by atoms with Crippen molar-refractivity contribution < 1.29 is 4.43 Å². The van der Waals surface area contributed by atoms with E-state index in [-0.39, 0.29) is 0 Å². The fourth-order valence-corrected chi connectivity index (χ4v) is 2.90. The van der Waals surface area contributed by atoms with Crippen LogP contribution in [0.2, 0.25) is 19.6 Å². The van der Waals surface area contributed by atoms with Gasteiger partial charge in [0.1, 0.15) is 6.07 Å². The molecule has 0 aliphatic rings. The minimum atomic E-state index is -1.72. The van der Waals surface area contributed by atoms with Gasteiger partial charge in [0.15, 0.2) is 13.9 Å². The van der Waals surface area contributed by atoms with Crippen molar-refractivity contribution in [3.05, 3.63) is 35.9 Å². The molecule has 0 heterocycles. The zero-order chi connectivity index (χ0) is 11.5. The van der Waals surface area contributed by atoms with Gasteiger partial charge in [-0.25, -0.2) is 0 Å². The Morgan fingerprint density at radius 1 is 1.20 bits per heavy atom. The molecule has 0 radical (unpaired) electrons. The largest absolute Gasteiger partial charge is 0.397 e. The van der Waals surface area contributed by atoms with Gasteiger partial charge in [0.25, 0.3) is 0 Å². The van der Waals surface area contributed by atoms with Crippen molar-refractivity contribution in [1.82, 2.24) is 0 Å². The van der Waals surface area contributed by atoms with Gasteiger partial charge in [0.2, 0.25) is 0 Å². The Labute approximate surface area is 92.6 Å². The second-order valence-electron chi connectivity index (χ2n) is 4.73. The van der Waals surface area contributed by atoms with Crippen molar-refractivity contribution in [1.29, 1.82) is 5.26 Å². The Kier molecular flexibility index (Phi) is 3.33. The first-order chi connectivity index (χ1) is 6.87. The Morgan fingerprint density at radius 2 is 1.73 bits per heavy atom. The summed E-state index contributed by atoms with van der Waals surface area (Å²) in [6.45, 7) is 8.10. The highest BCUT2D eigenvalue weighted by Gasteiger charge is 2.33. The molecule has 1 atom stereocenters. The van der Waals surface area contributed by atoms with Crippen LogP contribution in [0.25, 0.3) is 0 Å². The third-order valence-corrected chi connectivity index (χ3v) is 3.07. The van der Waals surface area contributed by atoms with Crippen molar-refractivity contribution in [2.24, 2.45) is 0 Å². The number of nitriles is 1. The van der Waals surface area contributed by atoms with Crippen LogP contribution >= 0.6 is 0 Å². The molecule has 1 unspecified atom stereocenters. The molecule has 0 spiro atoms. The van der Waals surface area contributed by atoms with E-state index in [9.17, 15) is 5.26 Å². The maximum Gasteiger partial charge on any atom is 0.186 e. The van der Waals surface area contributed by atoms with E-state index in [1.807, 2.05) is 37.3 Å². The van der Waals surface area contributed by atoms with Gasteiger partial charge in [0, 0.05) is 0 Å². The lowest BCUT2D eigenvalue weighted by atomic mass is 9.98. The van der Waals surface area contributed by atoms with Gasteiger partial charge >= 0.3 is 0 Å². The van der Waals surface area contributed by atoms with Gasteiger partial charge in [-0.15, -0.1) is 0 Å². The standard InChI is InChI=1S/C12H17NOSi/c1-12(10-13,14-15(2,3)4)11-8-6-5-7-9-11/h5-9H,1-4H3. The molecular weight excluding hydrogens is 202 g/mol. The van der Waals surface area contributed by atoms with E-state index in [2.05, 4.69) is 25.7 Å². The van der Waals surface area contributed by atoms with E-state index in [0.29, 0.717) is 0 Å². The first kappa shape index (κ1) is 12.0. The van der Waals surface area contributed by atoms with Crippen molar-refractivity contribution in [2.45, 2.75) is 32.2 Å². The van der Waals surface area contributed by atoms with Crippen LogP contribution < -0.4 is 0 Å². The molecule has 0 aliphatic heterocycles. The van der Waals surface area contributed by atoms with Crippen LogP contribution in [0.3, 0.4) is 0 Å². The molecule has 0 fully saturated rings. The lowest BCUT2D eigenvalue weighted by Crippen LogP contribution is -2.37. The van der Waals surface area contributed by atoms with Gasteiger partial charge < -0.3 is 4.43 Å². The molecule has 1 aromatic carbocycles. The second kappa shape index (κ2) is 4.17.